The van der Waals surface area contributed by atoms with Crippen LogP contribution < -0.4 is 0 Å². The highest BCUT2D eigenvalue weighted by atomic mass is 16.6. The molecule has 2 fully saturated rings. The summed E-state index contributed by atoms with van der Waals surface area (Å²) in [5, 5.41) is 10.7. The van der Waals surface area contributed by atoms with Crippen LogP contribution in [0.15, 0.2) is 48.1 Å². The molecule has 2 saturated carbocycles. The van der Waals surface area contributed by atoms with Crippen LogP contribution in [-0.4, -0.2) is 28.4 Å². The van der Waals surface area contributed by atoms with Crippen molar-refractivity contribution in [1.29, 1.82) is 0 Å². The van der Waals surface area contributed by atoms with Crippen LogP contribution in [0.2, 0.25) is 0 Å². The van der Waals surface area contributed by atoms with Crippen LogP contribution in [0.5, 0.6) is 0 Å². The van der Waals surface area contributed by atoms with Crippen LogP contribution in [0.1, 0.15) is 79.6 Å². The molecule has 36 heavy (non-hydrogen) atoms. The van der Waals surface area contributed by atoms with Gasteiger partial charge >= 0.3 is 11.9 Å². The molecule has 0 amide bonds. The highest BCUT2D eigenvalue weighted by Gasteiger charge is 2.63. The Balaban J connectivity index is 1.60. The van der Waals surface area contributed by atoms with E-state index in [4.69, 9.17) is 4.74 Å². The normalized spacial score (nSPS) is 37.1. The summed E-state index contributed by atoms with van der Waals surface area (Å²) in [6, 6.07) is 0. The monoisotopic (exact) mass is 494 g/mol. The molecule has 5 heteroatoms. The lowest BCUT2D eigenvalue weighted by Gasteiger charge is -2.54. The fourth-order valence-electron chi connectivity index (χ4n) is 8.44. The molecule has 0 saturated heterocycles. The van der Waals surface area contributed by atoms with Crippen LogP contribution in [0, 0.1) is 40.4 Å². The second-order valence-electron chi connectivity index (χ2n) is 12.1. The molecule has 8 atom stereocenters. The average Bonchev–Trinajstić information content (AvgIpc) is 3.23. The minimum absolute atomic E-state index is 0.0303. The summed E-state index contributed by atoms with van der Waals surface area (Å²) < 4.78 is 5.78. The molecule has 5 nitrogen and oxygen atoms in total. The van der Waals surface area contributed by atoms with Crippen LogP contribution in [0.25, 0.3) is 0 Å². The van der Waals surface area contributed by atoms with E-state index in [2.05, 4.69) is 38.7 Å². The number of carbonyl (C=O) groups excluding carboxylic acids is 2. The minimum atomic E-state index is -0.740. The Bertz CT molecular complexity index is 1050. The van der Waals surface area contributed by atoms with Crippen molar-refractivity contribution in [3.05, 3.63) is 48.1 Å². The molecule has 0 heterocycles. The summed E-state index contributed by atoms with van der Waals surface area (Å²) in [5.41, 5.74) is 0.251. The maximum Gasteiger partial charge on any atom is 0.310 e. The van der Waals surface area contributed by atoms with Gasteiger partial charge in [-0.1, -0.05) is 45.6 Å². The first kappa shape index (κ1) is 26.6. The number of esters is 1. The molecule has 0 unspecified atom stereocenters. The molecule has 1 N–H and O–H groups in total. The van der Waals surface area contributed by atoms with Crippen LogP contribution >= 0.6 is 0 Å². The van der Waals surface area contributed by atoms with Gasteiger partial charge in [-0.3, -0.25) is 14.4 Å². The predicted octanol–water partition coefficient (Wildman–Crippen LogP) is 6.46. The molecule has 0 bridgehead atoms. The molecule has 4 aliphatic rings. The Labute approximate surface area is 215 Å². The molecular weight excluding hydrogens is 452 g/mol. The zero-order chi connectivity index (χ0) is 26.5. The van der Waals surface area contributed by atoms with E-state index in [0.717, 1.165) is 36.8 Å². The summed E-state index contributed by atoms with van der Waals surface area (Å²) in [7, 11) is 0. The summed E-state index contributed by atoms with van der Waals surface area (Å²) >= 11 is 0. The first-order valence-electron chi connectivity index (χ1n) is 13.6. The summed E-state index contributed by atoms with van der Waals surface area (Å²) in [6.45, 7) is 13.9. The van der Waals surface area contributed by atoms with E-state index in [1.807, 2.05) is 13.8 Å². The number of carbonyl (C=O) groups is 3. The maximum atomic E-state index is 13.1. The van der Waals surface area contributed by atoms with Gasteiger partial charge in [-0.2, -0.15) is 0 Å². The van der Waals surface area contributed by atoms with Gasteiger partial charge in [0.05, 0.1) is 5.41 Å². The Morgan fingerprint density at radius 3 is 2.56 bits per heavy atom. The van der Waals surface area contributed by atoms with E-state index in [-0.39, 0.29) is 40.8 Å². The number of hydrogen-bond donors (Lipinski definition) is 1. The second kappa shape index (κ2) is 9.46. The van der Waals surface area contributed by atoms with Crippen LogP contribution in [-0.2, 0) is 19.1 Å². The van der Waals surface area contributed by atoms with Crippen LogP contribution in [0.3, 0.4) is 0 Å². The van der Waals surface area contributed by atoms with E-state index in [1.54, 1.807) is 12.2 Å². The fourth-order valence-corrected chi connectivity index (χ4v) is 8.44. The third-order valence-corrected chi connectivity index (χ3v) is 10.5. The number of carboxylic acids is 1. The topological polar surface area (TPSA) is 80.7 Å². The van der Waals surface area contributed by atoms with Gasteiger partial charge in [0.25, 0.3) is 0 Å². The zero-order valence-electron chi connectivity index (χ0n) is 22.5. The lowest BCUT2D eigenvalue weighted by atomic mass is 9.48. The number of carboxylic acid groups (broad SMARTS) is 1. The smallest absolute Gasteiger partial charge is 0.310 e. The average molecular weight is 495 g/mol. The van der Waals surface area contributed by atoms with E-state index < -0.39 is 17.0 Å². The number of allylic oxidation sites excluding steroid dienone is 6. The molecule has 4 aliphatic carbocycles. The summed E-state index contributed by atoms with van der Waals surface area (Å²) in [6.07, 6.45) is 15.2. The Kier molecular flexibility index (Phi) is 7.00. The molecule has 0 aliphatic heterocycles. The number of fused-ring (bicyclic) bond motifs is 5. The van der Waals surface area contributed by atoms with Gasteiger partial charge in [0.1, 0.15) is 5.60 Å². The Morgan fingerprint density at radius 2 is 1.94 bits per heavy atom. The van der Waals surface area contributed by atoms with Crippen molar-refractivity contribution in [1.82, 2.24) is 0 Å². The third kappa shape index (κ3) is 4.03. The lowest BCUT2D eigenvalue weighted by molar-refractivity contribution is -0.163. The molecule has 0 aromatic carbocycles. The predicted molar refractivity (Wildman–Crippen MR) is 140 cm³/mol. The first-order chi connectivity index (χ1) is 16.9. The lowest BCUT2D eigenvalue weighted by Crippen LogP contribution is -2.53. The van der Waals surface area contributed by atoms with Crippen molar-refractivity contribution >= 4 is 17.7 Å². The molecule has 0 aromatic rings. The van der Waals surface area contributed by atoms with Crippen molar-refractivity contribution in [2.24, 2.45) is 40.4 Å². The SMILES string of the molecule is C=C(C)[C@@](CC)(CC[C@@H](C)[C@H]1CC[C@H]2[C@@H]3C=CC4=CC(=O)C=C[C@@]4(C)[C@H]3CC[C@]12C(=O)O)OC(C)=O. The molecule has 4 rings (SSSR count). The minimum Gasteiger partial charge on any atom is -0.481 e. The van der Waals surface area contributed by atoms with Crippen molar-refractivity contribution in [2.45, 2.75) is 85.2 Å². The quantitative estimate of drug-likeness (QED) is 0.310. The number of hydrogen-bond acceptors (Lipinski definition) is 4. The van der Waals surface area contributed by atoms with E-state index in [9.17, 15) is 19.5 Å². The summed E-state index contributed by atoms with van der Waals surface area (Å²) in [4.78, 5) is 36.9. The summed E-state index contributed by atoms with van der Waals surface area (Å²) in [5.74, 6) is -0.0682. The van der Waals surface area contributed by atoms with Crippen LogP contribution in [0.4, 0.5) is 0 Å². The van der Waals surface area contributed by atoms with Crippen molar-refractivity contribution < 1.29 is 24.2 Å². The second-order valence-corrected chi connectivity index (χ2v) is 12.1. The zero-order valence-corrected chi connectivity index (χ0v) is 22.5. The van der Waals surface area contributed by atoms with Gasteiger partial charge in [-0.05, 0) is 105 Å². The van der Waals surface area contributed by atoms with Crippen molar-refractivity contribution in [3.8, 4) is 0 Å². The van der Waals surface area contributed by atoms with Gasteiger partial charge in [-0.25, -0.2) is 0 Å². The van der Waals surface area contributed by atoms with Gasteiger partial charge < -0.3 is 9.84 Å². The molecule has 0 spiro atoms. The highest BCUT2D eigenvalue weighted by Crippen LogP contribution is 2.66. The van der Waals surface area contributed by atoms with E-state index in [0.29, 0.717) is 25.2 Å². The molecular formula is C31H42O5. The number of aliphatic carboxylic acids is 1. The standard InChI is InChI=1S/C31H42O5/c1-7-30(19(2)3,36-21(5)32)16-12-20(4)25-10-11-27-24-9-8-22-18-23(33)13-15-29(22,6)26(24)14-17-31(25,27)28(34)35/h8-9,13,15,18,20,24-27H,2,7,10-12,14,16-17H2,1,3-6H3,(H,34,35)/t20-,24-,25-,26+,27+,29-,30-,31+/m1/s1. The highest BCUT2D eigenvalue weighted by molar-refractivity contribution is 6.01. The van der Waals surface area contributed by atoms with Crippen molar-refractivity contribution in [3.63, 3.8) is 0 Å². The first-order valence-corrected chi connectivity index (χ1v) is 13.6. The number of ketones is 1. The molecule has 196 valence electrons. The van der Waals surface area contributed by atoms with Gasteiger partial charge in [0.2, 0.25) is 0 Å². The van der Waals surface area contributed by atoms with Gasteiger partial charge in [0, 0.05) is 12.3 Å². The molecule has 0 aromatic heterocycles. The fraction of sp³-hybridized carbons (Fsp3) is 0.645. The van der Waals surface area contributed by atoms with Crippen molar-refractivity contribution in [2.75, 3.05) is 0 Å². The van der Waals surface area contributed by atoms with E-state index >= 15 is 0 Å². The third-order valence-electron chi connectivity index (χ3n) is 10.5. The number of ether oxygens (including phenoxy) is 1. The number of rotatable bonds is 8. The van der Waals surface area contributed by atoms with E-state index in [1.165, 1.54) is 6.92 Å². The Morgan fingerprint density at radius 1 is 1.22 bits per heavy atom. The largest absolute Gasteiger partial charge is 0.481 e. The Hall–Kier alpha value is -2.43. The van der Waals surface area contributed by atoms with Gasteiger partial charge in [0.15, 0.2) is 5.78 Å². The molecule has 0 radical (unpaired) electrons. The maximum absolute atomic E-state index is 13.1. The van der Waals surface area contributed by atoms with Gasteiger partial charge in [-0.15, -0.1) is 0 Å².